The zero-order valence-corrected chi connectivity index (χ0v) is 9.97. The van der Waals surface area contributed by atoms with Gasteiger partial charge < -0.3 is 5.11 Å². The Balaban J connectivity index is 2.04. The molecule has 15 heavy (non-hydrogen) atoms. The summed E-state index contributed by atoms with van der Waals surface area (Å²) in [6.07, 6.45) is 13.5. The van der Waals surface area contributed by atoms with Gasteiger partial charge in [0.25, 0.3) is 0 Å². The summed E-state index contributed by atoms with van der Waals surface area (Å²) in [5.41, 5.74) is 1.54. The first-order valence-electron chi connectivity index (χ1n) is 6.59. The second kappa shape index (κ2) is 4.69. The van der Waals surface area contributed by atoms with Gasteiger partial charge in [-0.3, -0.25) is 0 Å². The molecule has 2 aliphatic carbocycles. The van der Waals surface area contributed by atoms with Crippen molar-refractivity contribution in [2.75, 3.05) is 0 Å². The molecule has 1 unspecified atom stereocenters. The summed E-state index contributed by atoms with van der Waals surface area (Å²) < 4.78 is 0. The minimum absolute atomic E-state index is 0.155. The van der Waals surface area contributed by atoms with E-state index in [1.54, 1.807) is 0 Å². The molecule has 2 aliphatic rings. The zero-order chi connectivity index (χ0) is 10.7. The van der Waals surface area contributed by atoms with Gasteiger partial charge in [0.15, 0.2) is 0 Å². The van der Waals surface area contributed by atoms with E-state index in [4.69, 9.17) is 0 Å². The smallest absolute Gasteiger partial charge is 0.0803 e. The summed E-state index contributed by atoms with van der Waals surface area (Å²) in [5.74, 6) is 0. The molecule has 0 saturated heterocycles. The molecule has 1 atom stereocenters. The highest BCUT2D eigenvalue weighted by Gasteiger charge is 2.37. The average Bonchev–Trinajstić information content (AvgIpc) is 2.54. The predicted molar refractivity (Wildman–Crippen MR) is 63.7 cm³/mol. The highest BCUT2D eigenvalue weighted by atomic mass is 16.3. The first-order chi connectivity index (χ1) is 7.22. The lowest BCUT2D eigenvalue weighted by molar-refractivity contribution is 0.0687. The van der Waals surface area contributed by atoms with Crippen LogP contribution in [0.25, 0.3) is 0 Å². The molecule has 1 N–H and O–H groups in total. The molecule has 1 fully saturated rings. The van der Waals surface area contributed by atoms with E-state index in [1.807, 2.05) is 0 Å². The maximum atomic E-state index is 10.5. The Morgan fingerprint density at radius 3 is 2.60 bits per heavy atom. The van der Waals surface area contributed by atoms with Gasteiger partial charge in [0.1, 0.15) is 0 Å². The monoisotopic (exact) mass is 208 g/mol. The molecule has 0 heterocycles. The minimum atomic E-state index is -0.155. The van der Waals surface area contributed by atoms with Crippen LogP contribution in [0.1, 0.15) is 64.7 Å². The lowest BCUT2D eigenvalue weighted by atomic mass is 9.78. The first kappa shape index (κ1) is 11.2. The average molecular weight is 208 g/mol. The number of aliphatic hydroxyl groups excluding tert-OH is 1. The van der Waals surface area contributed by atoms with Crippen LogP contribution in [0.15, 0.2) is 11.6 Å². The van der Waals surface area contributed by atoms with Crippen LogP contribution >= 0.6 is 0 Å². The lowest BCUT2D eigenvalue weighted by Crippen LogP contribution is -2.31. The van der Waals surface area contributed by atoms with Crippen molar-refractivity contribution in [3.63, 3.8) is 0 Å². The predicted octanol–water partition coefficient (Wildman–Crippen LogP) is 3.82. The first-order valence-corrected chi connectivity index (χ1v) is 6.59. The fourth-order valence-electron chi connectivity index (χ4n) is 3.19. The highest BCUT2D eigenvalue weighted by molar-refractivity contribution is 5.14. The van der Waals surface area contributed by atoms with E-state index >= 15 is 0 Å². The van der Waals surface area contributed by atoms with Crippen LogP contribution in [-0.2, 0) is 0 Å². The second-order valence-electron chi connectivity index (χ2n) is 5.64. The molecular formula is C14H24O. The van der Waals surface area contributed by atoms with Crippen LogP contribution < -0.4 is 0 Å². The van der Waals surface area contributed by atoms with Crippen molar-refractivity contribution < 1.29 is 5.11 Å². The van der Waals surface area contributed by atoms with Crippen molar-refractivity contribution in [1.29, 1.82) is 0 Å². The maximum absolute atomic E-state index is 10.5. The van der Waals surface area contributed by atoms with Crippen molar-refractivity contribution in [3.8, 4) is 0 Å². The van der Waals surface area contributed by atoms with Crippen molar-refractivity contribution in [1.82, 2.24) is 0 Å². The van der Waals surface area contributed by atoms with Gasteiger partial charge in [-0.25, -0.2) is 0 Å². The van der Waals surface area contributed by atoms with Gasteiger partial charge in [-0.2, -0.15) is 0 Å². The molecule has 0 radical (unpaired) electrons. The van der Waals surface area contributed by atoms with Gasteiger partial charge in [0.2, 0.25) is 0 Å². The lowest BCUT2D eigenvalue weighted by Gasteiger charge is -2.31. The van der Waals surface area contributed by atoms with E-state index in [0.717, 1.165) is 6.42 Å². The van der Waals surface area contributed by atoms with Crippen LogP contribution in [-0.4, -0.2) is 11.2 Å². The molecule has 0 aromatic carbocycles. The van der Waals surface area contributed by atoms with Gasteiger partial charge in [-0.1, -0.05) is 32.3 Å². The summed E-state index contributed by atoms with van der Waals surface area (Å²) in [4.78, 5) is 0. The Labute approximate surface area is 93.6 Å². The fraction of sp³-hybridized carbons (Fsp3) is 0.857. The third-order valence-electron chi connectivity index (χ3n) is 4.33. The molecule has 0 bridgehead atoms. The number of rotatable bonds is 2. The molecule has 1 saturated carbocycles. The van der Waals surface area contributed by atoms with Crippen molar-refractivity contribution >= 4 is 0 Å². The summed E-state index contributed by atoms with van der Waals surface area (Å²) in [6.45, 7) is 2.27. The van der Waals surface area contributed by atoms with Gasteiger partial charge in [0, 0.05) is 0 Å². The molecule has 0 amide bonds. The van der Waals surface area contributed by atoms with Crippen molar-refractivity contribution in [2.24, 2.45) is 5.41 Å². The number of aliphatic hydroxyl groups is 1. The molecule has 0 aliphatic heterocycles. The summed E-state index contributed by atoms with van der Waals surface area (Å²) in [6, 6.07) is 0. The van der Waals surface area contributed by atoms with Gasteiger partial charge in [-0.05, 0) is 49.5 Å². The summed E-state index contributed by atoms with van der Waals surface area (Å²) >= 11 is 0. The molecule has 1 nitrogen and oxygen atoms in total. The Morgan fingerprint density at radius 1 is 1.13 bits per heavy atom. The molecular weight excluding hydrogens is 184 g/mol. The summed E-state index contributed by atoms with van der Waals surface area (Å²) in [5, 5.41) is 10.5. The van der Waals surface area contributed by atoms with Gasteiger partial charge in [0.05, 0.1) is 6.10 Å². The van der Waals surface area contributed by atoms with E-state index in [-0.39, 0.29) is 11.5 Å². The maximum Gasteiger partial charge on any atom is 0.0803 e. The second-order valence-corrected chi connectivity index (χ2v) is 5.64. The molecule has 0 aromatic heterocycles. The summed E-state index contributed by atoms with van der Waals surface area (Å²) in [7, 11) is 0. The Kier molecular flexibility index (Phi) is 3.50. The van der Waals surface area contributed by atoms with Crippen LogP contribution in [0.4, 0.5) is 0 Å². The topological polar surface area (TPSA) is 20.2 Å². The largest absolute Gasteiger partial charge is 0.388 e. The zero-order valence-electron chi connectivity index (χ0n) is 9.97. The Morgan fingerprint density at radius 2 is 1.87 bits per heavy atom. The minimum Gasteiger partial charge on any atom is -0.388 e. The van der Waals surface area contributed by atoms with E-state index in [9.17, 15) is 5.11 Å². The SMILES string of the molecule is CC1(C(O)C2=CCCCCC2)CCCC1. The van der Waals surface area contributed by atoms with E-state index in [2.05, 4.69) is 13.0 Å². The highest BCUT2D eigenvalue weighted by Crippen LogP contribution is 2.43. The molecule has 1 heteroatoms. The standard InChI is InChI=1S/C14H24O/c1-14(10-6-7-11-14)13(15)12-8-4-2-3-5-9-12/h8,13,15H,2-7,9-11H2,1H3. The van der Waals surface area contributed by atoms with Crippen LogP contribution in [0.5, 0.6) is 0 Å². The van der Waals surface area contributed by atoms with Crippen LogP contribution in [0, 0.1) is 5.41 Å². The fourth-order valence-corrected chi connectivity index (χ4v) is 3.19. The Hall–Kier alpha value is -0.300. The van der Waals surface area contributed by atoms with Crippen molar-refractivity contribution in [3.05, 3.63) is 11.6 Å². The van der Waals surface area contributed by atoms with Crippen LogP contribution in [0.2, 0.25) is 0 Å². The van der Waals surface area contributed by atoms with Gasteiger partial charge >= 0.3 is 0 Å². The Bertz CT molecular complexity index is 236. The number of hydrogen-bond donors (Lipinski definition) is 1. The molecule has 86 valence electrons. The quantitative estimate of drug-likeness (QED) is 0.684. The van der Waals surface area contributed by atoms with E-state index in [1.165, 1.54) is 56.9 Å². The number of hydrogen-bond acceptors (Lipinski definition) is 1. The number of allylic oxidation sites excluding steroid dienone is 1. The van der Waals surface area contributed by atoms with Crippen molar-refractivity contribution in [2.45, 2.75) is 70.8 Å². The van der Waals surface area contributed by atoms with E-state index < -0.39 is 0 Å². The third-order valence-corrected chi connectivity index (χ3v) is 4.33. The van der Waals surface area contributed by atoms with Gasteiger partial charge in [-0.15, -0.1) is 0 Å². The van der Waals surface area contributed by atoms with Crippen LogP contribution in [0.3, 0.4) is 0 Å². The van der Waals surface area contributed by atoms with E-state index in [0.29, 0.717) is 0 Å². The third kappa shape index (κ3) is 2.44. The molecule has 2 rings (SSSR count). The molecule has 0 aromatic rings. The normalized spacial score (nSPS) is 28.3. The molecule has 0 spiro atoms.